The number of nitrogens with two attached hydrogens (primary N) is 1. The number of piperazine rings is 1. The highest BCUT2D eigenvalue weighted by Gasteiger charge is 2.28. The van der Waals surface area contributed by atoms with Gasteiger partial charge < -0.3 is 15.7 Å². The first-order chi connectivity index (χ1) is 14.8. The Balaban J connectivity index is 1.67. The van der Waals surface area contributed by atoms with Crippen molar-refractivity contribution in [1.82, 2.24) is 19.2 Å². The first-order valence-corrected chi connectivity index (χ1v) is 11.4. The van der Waals surface area contributed by atoms with Crippen LogP contribution < -0.4 is 5.73 Å². The van der Waals surface area contributed by atoms with Gasteiger partial charge in [0.1, 0.15) is 17.3 Å². The number of likely N-dealkylation sites (N-methyl/N-ethyl adjacent to an activating group) is 1. The minimum Gasteiger partial charge on any atom is -0.508 e. The molecular weight excluding hydrogens is 414 g/mol. The number of aryl methyl sites for hydroxylation is 1. The van der Waals surface area contributed by atoms with Crippen LogP contribution in [0.5, 0.6) is 5.75 Å². The van der Waals surface area contributed by atoms with Crippen LogP contribution in [0.2, 0.25) is 0 Å². The standard InChI is InChI=1S/C22H25N5O3S/c1-15-13-17(5-8-20(15)31(29,30)27-11-9-26(2)10-12-27)19-14-24-22(23)21(25-19)16-3-6-18(28)7-4-16/h3-8,13-14,28H,9-12H2,1-2H3,(H2,23,24). The Morgan fingerprint density at radius 3 is 2.29 bits per heavy atom. The van der Waals surface area contributed by atoms with Crippen LogP contribution in [0.4, 0.5) is 5.82 Å². The molecule has 31 heavy (non-hydrogen) atoms. The summed E-state index contributed by atoms with van der Waals surface area (Å²) in [7, 11) is -1.56. The Labute approximate surface area is 182 Å². The lowest BCUT2D eigenvalue weighted by Crippen LogP contribution is -2.47. The van der Waals surface area contributed by atoms with Gasteiger partial charge in [0.2, 0.25) is 10.0 Å². The summed E-state index contributed by atoms with van der Waals surface area (Å²) in [6.07, 6.45) is 1.57. The highest BCUT2D eigenvalue weighted by Crippen LogP contribution is 2.29. The number of nitrogen functional groups attached to an aromatic ring is 1. The lowest BCUT2D eigenvalue weighted by atomic mass is 10.1. The van der Waals surface area contributed by atoms with Crippen LogP contribution in [0.25, 0.3) is 22.5 Å². The number of hydrogen-bond acceptors (Lipinski definition) is 7. The van der Waals surface area contributed by atoms with Crippen LogP contribution in [0.15, 0.2) is 53.6 Å². The molecule has 8 nitrogen and oxygen atoms in total. The molecule has 2 aromatic carbocycles. The number of aromatic nitrogens is 2. The van der Waals surface area contributed by atoms with Crippen LogP contribution in [0, 0.1) is 6.92 Å². The number of phenols is 1. The maximum Gasteiger partial charge on any atom is 0.243 e. The number of sulfonamides is 1. The van der Waals surface area contributed by atoms with Gasteiger partial charge in [0.15, 0.2) is 0 Å². The molecular formula is C22H25N5O3S. The highest BCUT2D eigenvalue weighted by atomic mass is 32.2. The molecule has 3 N–H and O–H groups in total. The van der Waals surface area contributed by atoms with Crippen molar-refractivity contribution in [2.75, 3.05) is 39.0 Å². The van der Waals surface area contributed by atoms with E-state index in [0.29, 0.717) is 34.9 Å². The van der Waals surface area contributed by atoms with Gasteiger partial charge in [-0.2, -0.15) is 4.31 Å². The van der Waals surface area contributed by atoms with Crippen molar-refractivity contribution < 1.29 is 13.5 Å². The SMILES string of the molecule is Cc1cc(-c2cnc(N)c(-c3ccc(O)cc3)n2)ccc1S(=O)(=O)N1CCN(C)CC1. The van der Waals surface area contributed by atoms with Gasteiger partial charge in [-0.3, -0.25) is 0 Å². The maximum absolute atomic E-state index is 13.1. The summed E-state index contributed by atoms with van der Waals surface area (Å²) in [4.78, 5) is 11.3. The molecule has 4 rings (SSSR count). The number of phenolic OH excluding ortho intramolecular Hbond substituents is 1. The van der Waals surface area contributed by atoms with Gasteiger partial charge >= 0.3 is 0 Å². The van der Waals surface area contributed by atoms with Gasteiger partial charge in [-0.15, -0.1) is 0 Å². The van der Waals surface area contributed by atoms with Gasteiger partial charge in [0.25, 0.3) is 0 Å². The molecule has 0 spiro atoms. The van der Waals surface area contributed by atoms with E-state index in [-0.39, 0.29) is 11.6 Å². The largest absolute Gasteiger partial charge is 0.508 e. The average molecular weight is 440 g/mol. The van der Waals surface area contributed by atoms with E-state index < -0.39 is 10.0 Å². The second-order valence-corrected chi connectivity index (χ2v) is 9.63. The number of nitrogens with zero attached hydrogens (tertiary/aromatic N) is 4. The summed E-state index contributed by atoms with van der Waals surface area (Å²) in [5, 5.41) is 9.51. The summed E-state index contributed by atoms with van der Waals surface area (Å²) in [5.41, 5.74) is 9.25. The number of hydrogen-bond donors (Lipinski definition) is 2. The van der Waals surface area contributed by atoms with Crippen LogP contribution in [0.3, 0.4) is 0 Å². The maximum atomic E-state index is 13.1. The molecule has 0 radical (unpaired) electrons. The van der Waals surface area contributed by atoms with Gasteiger partial charge in [-0.1, -0.05) is 6.07 Å². The third-order valence-corrected chi connectivity index (χ3v) is 7.55. The third-order valence-electron chi connectivity index (χ3n) is 5.49. The van der Waals surface area contributed by atoms with Gasteiger partial charge in [0.05, 0.1) is 16.8 Å². The molecule has 3 aromatic rings. The molecule has 0 unspecified atom stereocenters. The van der Waals surface area contributed by atoms with E-state index in [2.05, 4.69) is 14.9 Å². The van der Waals surface area contributed by atoms with Crippen molar-refractivity contribution in [1.29, 1.82) is 0 Å². The van der Waals surface area contributed by atoms with Crippen molar-refractivity contribution in [3.8, 4) is 28.3 Å². The zero-order valence-corrected chi connectivity index (χ0v) is 18.3. The molecule has 1 fully saturated rings. The molecule has 0 atom stereocenters. The van der Waals surface area contributed by atoms with Crippen molar-refractivity contribution in [2.45, 2.75) is 11.8 Å². The van der Waals surface area contributed by atoms with Crippen LogP contribution in [-0.4, -0.2) is 65.9 Å². The fourth-order valence-corrected chi connectivity index (χ4v) is 5.26. The van der Waals surface area contributed by atoms with E-state index in [1.54, 1.807) is 53.8 Å². The molecule has 1 aliphatic rings. The molecule has 1 aromatic heterocycles. The lowest BCUT2D eigenvalue weighted by molar-refractivity contribution is 0.222. The zero-order valence-electron chi connectivity index (χ0n) is 17.5. The first-order valence-electron chi connectivity index (χ1n) is 9.97. The highest BCUT2D eigenvalue weighted by molar-refractivity contribution is 7.89. The molecule has 0 saturated carbocycles. The van der Waals surface area contributed by atoms with E-state index >= 15 is 0 Å². The van der Waals surface area contributed by atoms with E-state index in [1.807, 2.05) is 13.1 Å². The fraction of sp³-hybridized carbons (Fsp3) is 0.273. The predicted octanol–water partition coefficient (Wildman–Crippen LogP) is 2.34. The second kappa shape index (κ2) is 8.26. The van der Waals surface area contributed by atoms with Crippen LogP contribution in [-0.2, 0) is 10.0 Å². The van der Waals surface area contributed by atoms with Crippen molar-refractivity contribution in [3.05, 3.63) is 54.2 Å². The van der Waals surface area contributed by atoms with Gasteiger partial charge in [-0.25, -0.2) is 18.4 Å². The van der Waals surface area contributed by atoms with Crippen LogP contribution >= 0.6 is 0 Å². The topological polar surface area (TPSA) is 113 Å². The van der Waals surface area contributed by atoms with E-state index in [0.717, 1.165) is 24.2 Å². The Kier molecular flexibility index (Phi) is 5.65. The number of benzene rings is 2. The second-order valence-electron chi connectivity index (χ2n) is 7.72. The van der Waals surface area contributed by atoms with E-state index in [1.165, 1.54) is 0 Å². The number of anilines is 1. The van der Waals surface area contributed by atoms with E-state index in [4.69, 9.17) is 5.73 Å². The van der Waals surface area contributed by atoms with E-state index in [9.17, 15) is 13.5 Å². The predicted molar refractivity (Wildman–Crippen MR) is 120 cm³/mol. The summed E-state index contributed by atoms with van der Waals surface area (Å²) >= 11 is 0. The molecule has 0 bridgehead atoms. The quantitative estimate of drug-likeness (QED) is 0.641. The summed E-state index contributed by atoms with van der Waals surface area (Å²) < 4.78 is 27.8. The molecule has 2 heterocycles. The molecule has 162 valence electrons. The smallest absolute Gasteiger partial charge is 0.243 e. The zero-order chi connectivity index (χ0) is 22.2. The Hall–Kier alpha value is -3.01. The summed E-state index contributed by atoms with van der Waals surface area (Å²) in [6, 6.07) is 11.8. The third kappa shape index (κ3) is 4.25. The minimum absolute atomic E-state index is 0.152. The van der Waals surface area contributed by atoms with Crippen LogP contribution in [0.1, 0.15) is 5.56 Å². The monoisotopic (exact) mass is 439 g/mol. The van der Waals surface area contributed by atoms with Gasteiger partial charge in [-0.05, 0) is 55.9 Å². The van der Waals surface area contributed by atoms with Crippen molar-refractivity contribution in [2.24, 2.45) is 0 Å². The minimum atomic E-state index is -3.55. The fourth-order valence-electron chi connectivity index (χ4n) is 3.63. The van der Waals surface area contributed by atoms with Crippen molar-refractivity contribution >= 4 is 15.8 Å². The molecule has 9 heteroatoms. The summed E-state index contributed by atoms with van der Waals surface area (Å²) in [5.74, 6) is 0.430. The lowest BCUT2D eigenvalue weighted by Gasteiger charge is -2.31. The Morgan fingerprint density at radius 1 is 1.00 bits per heavy atom. The number of aromatic hydroxyl groups is 1. The normalized spacial score (nSPS) is 15.8. The molecule has 0 aliphatic carbocycles. The Bertz CT molecular complexity index is 1200. The van der Waals surface area contributed by atoms with Crippen molar-refractivity contribution in [3.63, 3.8) is 0 Å². The van der Waals surface area contributed by atoms with Gasteiger partial charge in [0, 0.05) is 37.3 Å². The Morgan fingerprint density at radius 2 is 1.65 bits per heavy atom. The first kappa shape index (κ1) is 21.2. The average Bonchev–Trinajstić information content (AvgIpc) is 2.75. The summed E-state index contributed by atoms with van der Waals surface area (Å²) in [6.45, 7) is 4.20. The number of rotatable bonds is 4. The molecule has 0 amide bonds. The molecule has 1 aliphatic heterocycles. The molecule has 1 saturated heterocycles.